The van der Waals surface area contributed by atoms with E-state index in [4.69, 9.17) is 39.8 Å². The van der Waals surface area contributed by atoms with E-state index in [1.807, 2.05) is 6.07 Å². The maximum Gasteiger partial charge on any atom is 0.270 e. The Bertz CT molecular complexity index is 829. The summed E-state index contributed by atoms with van der Waals surface area (Å²) in [7, 11) is 0. The zero-order valence-electron chi connectivity index (χ0n) is 11.5. The van der Waals surface area contributed by atoms with Crippen LogP contribution in [0.25, 0.3) is 6.08 Å². The second kappa shape index (κ2) is 6.93. The molecule has 0 bridgehead atoms. The molecule has 7 heteroatoms. The van der Waals surface area contributed by atoms with Crippen molar-refractivity contribution in [3.8, 4) is 0 Å². The van der Waals surface area contributed by atoms with Crippen molar-refractivity contribution in [1.29, 1.82) is 0 Å². The number of hydrogen-bond acceptors (Lipinski definition) is 4. The molecule has 1 fully saturated rings. The Hall–Kier alpha value is -1.53. The van der Waals surface area contributed by atoms with Crippen LogP contribution in [-0.2, 0) is 4.79 Å². The molecule has 0 atom stereocenters. The van der Waals surface area contributed by atoms with Crippen molar-refractivity contribution in [2.45, 2.75) is 0 Å². The van der Waals surface area contributed by atoms with Crippen molar-refractivity contribution < 1.29 is 9.21 Å². The third-order valence-electron chi connectivity index (χ3n) is 3.01. The number of carbonyl (C=O) groups is 1. The van der Waals surface area contributed by atoms with Crippen molar-refractivity contribution in [3.63, 3.8) is 0 Å². The third kappa shape index (κ3) is 3.53. The second-order valence-corrected chi connectivity index (χ2v) is 7.00. The van der Waals surface area contributed by atoms with Crippen LogP contribution in [0.4, 0.5) is 5.69 Å². The molecule has 23 heavy (non-hydrogen) atoms. The number of halogens is 2. The highest BCUT2D eigenvalue weighted by Gasteiger charge is 2.33. The Morgan fingerprint density at radius 3 is 2.74 bits per heavy atom. The Morgan fingerprint density at radius 1 is 1.22 bits per heavy atom. The van der Waals surface area contributed by atoms with Crippen LogP contribution in [-0.4, -0.2) is 10.2 Å². The molecule has 0 spiro atoms. The lowest BCUT2D eigenvalue weighted by molar-refractivity contribution is -0.113. The largest absolute Gasteiger partial charge is 0.465 e. The molecule has 2 aromatic rings. The highest BCUT2D eigenvalue weighted by Crippen LogP contribution is 2.37. The lowest BCUT2D eigenvalue weighted by atomic mass is 10.3. The Balaban J connectivity index is 1.83. The number of furan rings is 1. The number of carbonyl (C=O) groups excluding carboxylic acids is 1. The van der Waals surface area contributed by atoms with Crippen molar-refractivity contribution in [2.24, 2.45) is 0 Å². The number of hydrogen-bond donors (Lipinski definition) is 0. The van der Waals surface area contributed by atoms with Gasteiger partial charge < -0.3 is 4.42 Å². The van der Waals surface area contributed by atoms with Gasteiger partial charge in [0.05, 0.1) is 26.9 Å². The molecule has 1 aromatic heterocycles. The molecule has 1 aliphatic rings. The van der Waals surface area contributed by atoms with Gasteiger partial charge in [-0.2, -0.15) is 0 Å². The SMILES string of the molecule is O=C1C(=CC=Cc2ccco2)SC(=S)N1c1ccc(Cl)c(Cl)c1. The van der Waals surface area contributed by atoms with Crippen LogP contribution in [0.3, 0.4) is 0 Å². The number of benzene rings is 1. The first-order valence-corrected chi connectivity index (χ1v) is 8.47. The van der Waals surface area contributed by atoms with Crippen molar-refractivity contribution in [2.75, 3.05) is 4.90 Å². The van der Waals surface area contributed by atoms with E-state index >= 15 is 0 Å². The van der Waals surface area contributed by atoms with Crippen LogP contribution in [0.15, 0.2) is 58.1 Å². The molecule has 1 saturated heterocycles. The number of amides is 1. The van der Waals surface area contributed by atoms with Gasteiger partial charge >= 0.3 is 0 Å². The number of thiocarbonyl (C=S) groups is 1. The molecule has 0 aliphatic carbocycles. The molecule has 1 aromatic carbocycles. The van der Waals surface area contributed by atoms with Crippen LogP contribution >= 0.6 is 47.2 Å². The van der Waals surface area contributed by atoms with Crippen molar-refractivity contribution >= 4 is 69.2 Å². The number of allylic oxidation sites excluding steroid dienone is 2. The fraction of sp³-hybridized carbons (Fsp3) is 0. The molecule has 3 rings (SSSR count). The molecule has 116 valence electrons. The van der Waals surface area contributed by atoms with E-state index in [1.54, 1.807) is 48.8 Å². The van der Waals surface area contributed by atoms with E-state index < -0.39 is 0 Å². The average Bonchev–Trinajstić information content (AvgIpc) is 3.12. The molecule has 1 aliphatic heterocycles. The number of nitrogens with zero attached hydrogens (tertiary/aromatic N) is 1. The molecule has 0 unspecified atom stereocenters. The summed E-state index contributed by atoms with van der Waals surface area (Å²) in [5, 5.41) is 0.803. The van der Waals surface area contributed by atoms with Crippen LogP contribution in [0.1, 0.15) is 5.76 Å². The summed E-state index contributed by atoms with van der Waals surface area (Å²) in [6.45, 7) is 0. The summed E-state index contributed by atoms with van der Waals surface area (Å²) in [4.78, 5) is 14.5. The number of thioether (sulfide) groups is 1. The van der Waals surface area contributed by atoms with Gasteiger partial charge in [0.15, 0.2) is 4.32 Å². The molecule has 0 saturated carbocycles. The predicted octanol–water partition coefficient (Wildman–Crippen LogP) is 5.55. The van der Waals surface area contributed by atoms with E-state index in [1.165, 1.54) is 16.7 Å². The van der Waals surface area contributed by atoms with Crippen LogP contribution in [0, 0.1) is 0 Å². The zero-order chi connectivity index (χ0) is 16.4. The monoisotopic (exact) mass is 381 g/mol. The van der Waals surface area contributed by atoms with Gasteiger partial charge in [-0.05, 0) is 42.5 Å². The fourth-order valence-electron chi connectivity index (χ4n) is 1.95. The third-order valence-corrected chi connectivity index (χ3v) is 5.07. The maximum absolute atomic E-state index is 12.5. The molecule has 2 heterocycles. The summed E-state index contributed by atoms with van der Waals surface area (Å²) in [5.74, 6) is 0.517. The first-order valence-electron chi connectivity index (χ1n) is 6.49. The minimum Gasteiger partial charge on any atom is -0.465 e. The van der Waals surface area contributed by atoms with E-state index in [0.717, 1.165) is 0 Å². The molecule has 0 N–H and O–H groups in total. The minimum absolute atomic E-state index is 0.192. The van der Waals surface area contributed by atoms with E-state index in [0.29, 0.717) is 30.7 Å². The van der Waals surface area contributed by atoms with Gasteiger partial charge in [0.1, 0.15) is 5.76 Å². The summed E-state index contributed by atoms with van der Waals surface area (Å²) in [5.41, 5.74) is 0.598. The quantitative estimate of drug-likeness (QED) is 0.515. The Morgan fingerprint density at radius 2 is 2.04 bits per heavy atom. The fourth-order valence-corrected chi connectivity index (χ4v) is 3.49. The Kier molecular flexibility index (Phi) is 4.92. The van der Waals surface area contributed by atoms with Gasteiger partial charge in [-0.15, -0.1) is 0 Å². The smallest absolute Gasteiger partial charge is 0.270 e. The van der Waals surface area contributed by atoms with E-state index in [-0.39, 0.29) is 5.91 Å². The topological polar surface area (TPSA) is 33.5 Å². The van der Waals surface area contributed by atoms with Gasteiger partial charge in [-0.25, -0.2) is 0 Å². The van der Waals surface area contributed by atoms with Gasteiger partial charge in [0, 0.05) is 0 Å². The molecular weight excluding hydrogens is 373 g/mol. The summed E-state index contributed by atoms with van der Waals surface area (Å²) < 4.78 is 5.64. The molecule has 1 amide bonds. The zero-order valence-corrected chi connectivity index (χ0v) is 14.7. The standard InChI is InChI=1S/C16H9Cl2NO2S2/c17-12-7-6-10(9-13(12)18)19-15(20)14(23-16(19)22)5-1-3-11-4-2-8-21-11/h1-9H. The van der Waals surface area contributed by atoms with Crippen molar-refractivity contribution in [1.82, 2.24) is 0 Å². The number of rotatable bonds is 3. The number of anilines is 1. The van der Waals surface area contributed by atoms with Gasteiger partial charge in [0.2, 0.25) is 0 Å². The van der Waals surface area contributed by atoms with Crippen LogP contribution in [0.2, 0.25) is 10.0 Å². The van der Waals surface area contributed by atoms with E-state index in [9.17, 15) is 4.79 Å². The molecule has 3 nitrogen and oxygen atoms in total. The lowest BCUT2D eigenvalue weighted by Crippen LogP contribution is -2.27. The first kappa shape index (κ1) is 16.3. The molecular formula is C16H9Cl2NO2S2. The van der Waals surface area contributed by atoms with Gasteiger partial charge in [0.25, 0.3) is 5.91 Å². The first-order chi connectivity index (χ1) is 11.1. The van der Waals surface area contributed by atoms with Gasteiger partial charge in [-0.3, -0.25) is 9.69 Å². The normalized spacial score (nSPS) is 17.0. The summed E-state index contributed by atoms with van der Waals surface area (Å²) in [6, 6.07) is 8.59. The second-order valence-electron chi connectivity index (χ2n) is 4.51. The van der Waals surface area contributed by atoms with Crippen LogP contribution in [0.5, 0.6) is 0 Å². The average molecular weight is 382 g/mol. The van der Waals surface area contributed by atoms with Crippen molar-refractivity contribution in [3.05, 3.63) is 69.5 Å². The van der Waals surface area contributed by atoms with E-state index in [2.05, 4.69) is 0 Å². The predicted molar refractivity (Wildman–Crippen MR) is 100.0 cm³/mol. The highest BCUT2D eigenvalue weighted by atomic mass is 35.5. The lowest BCUT2D eigenvalue weighted by Gasteiger charge is -2.15. The summed E-state index contributed by atoms with van der Waals surface area (Å²) in [6.07, 6.45) is 6.81. The Labute approximate surface area is 152 Å². The molecule has 0 radical (unpaired) electrons. The maximum atomic E-state index is 12.5. The summed E-state index contributed by atoms with van der Waals surface area (Å²) >= 11 is 18.4. The highest BCUT2D eigenvalue weighted by molar-refractivity contribution is 8.27. The van der Waals surface area contributed by atoms with Crippen LogP contribution < -0.4 is 4.90 Å². The minimum atomic E-state index is -0.192. The van der Waals surface area contributed by atoms with Gasteiger partial charge in [-0.1, -0.05) is 53.3 Å².